The number of hydroxylamine groups is 1. The third kappa shape index (κ3) is 4.24. The SMILES string of the molecule is N/C(=N\O)c1ccc(-c2ccc3nn(C(Cc4ccccc4)C(=O)NO)cc3c2)cc1. The quantitative estimate of drug-likeness (QED) is 0.127. The number of carbonyl (C=O) groups is 1. The van der Waals surface area contributed by atoms with Crippen LogP contribution in [-0.4, -0.2) is 31.9 Å². The molecular weight excluding hydrogens is 394 g/mol. The number of amides is 1. The molecule has 0 aliphatic heterocycles. The summed E-state index contributed by atoms with van der Waals surface area (Å²) in [5.74, 6) is -0.481. The maximum Gasteiger partial charge on any atom is 0.268 e. The summed E-state index contributed by atoms with van der Waals surface area (Å²) >= 11 is 0. The van der Waals surface area contributed by atoms with Crippen molar-refractivity contribution in [2.75, 3.05) is 0 Å². The van der Waals surface area contributed by atoms with Crippen LogP contribution in [0, 0.1) is 0 Å². The van der Waals surface area contributed by atoms with Crippen LogP contribution in [0.25, 0.3) is 22.0 Å². The van der Waals surface area contributed by atoms with Crippen molar-refractivity contribution in [3.05, 3.63) is 90.1 Å². The molecule has 1 heterocycles. The zero-order chi connectivity index (χ0) is 21.8. The molecule has 8 heteroatoms. The molecule has 156 valence electrons. The van der Waals surface area contributed by atoms with Gasteiger partial charge < -0.3 is 10.9 Å². The Morgan fingerprint density at radius 3 is 2.45 bits per heavy atom. The lowest BCUT2D eigenvalue weighted by atomic mass is 10.0. The zero-order valence-corrected chi connectivity index (χ0v) is 16.5. The predicted molar refractivity (Wildman–Crippen MR) is 117 cm³/mol. The van der Waals surface area contributed by atoms with E-state index in [9.17, 15) is 10.0 Å². The van der Waals surface area contributed by atoms with Gasteiger partial charge in [-0.1, -0.05) is 65.8 Å². The summed E-state index contributed by atoms with van der Waals surface area (Å²) in [6.07, 6.45) is 2.19. The molecule has 0 aliphatic carbocycles. The summed E-state index contributed by atoms with van der Waals surface area (Å²) in [6, 6.07) is 22.0. The highest BCUT2D eigenvalue weighted by molar-refractivity contribution is 5.97. The van der Waals surface area contributed by atoms with Gasteiger partial charge in [0.05, 0.1) is 5.52 Å². The van der Waals surface area contributed by atoms with Crippen molar-refractivity contribution in [2.45, 2.75) is 12.5 Å². The first-order valence-corrected chi connectivity index (χ1v) is 9.64. The van der Waals surface area contributed by atoms with Crippen LogP contribution >= 0.6 is 0 Å². The minimum atomic E-state index is -0.691. The van der Waals surface area contributed by atoms with Crippen LogP contribution in [0.2, 0.25) is 0 Å². The number of carbonyl (C=O) groups excluding carboxylic acids is 1. The standard InChI is InChI=1S/C23H21N5O3/c24-22(26-30)17-8-6-16(7-9-17)18-10-11-20-19(13-18)14-28(25-20)21(23(29)27-31)12-15-4-2-1-3-5-15/h1-11,13-14,21,30-31H,12H2,(H2,24,26)(H,27,29). The molecule has 0 bridgehead atoms. The van der Waals surface area contributed by atoms with Crippen LogP contribution in [-0.2, 0) is 11.2 Å². The Balaban J connectivity index is 1.66. The molecule has 4 aromatic rings. The first-order chi connectivity index (χ1) is 15.1. The summed E-state index contributed by atoms with van der Waals surface area (Å²) in [4.78, 5) is 12.3. The Kier molecular flexibility index (Phi) is 5.63. The molecule has 4 rings (SSSR count). The molecule has 0 saturated carbocycles. The van der Waals surface area contributed by atoms with E-state index in [-0.39, 0.29) is 5.84 Å². The van der Waals surface area contributed by atoms with Gasteiger partial charge in [0.15, 0.2) is 5.84 Å². The minimum absolute atomic E-state index is 0.0508. The van der Waals surface area contributed by atoms with Crippen molar-refractivity contribution in [3.8, 4) is 11.1 Å². The van der Waals surface area contributed by atoms with Crippen molar-refractivity contribution in [1.29, 1.82) is 0 Å². The van der Waals surface area contributed by atoms with Crippen molar-refractivity contribution in [2.24, 2.45) is 10.9 Å². The second kappa shape index (κ2) is 8.68. The fourth-order valence-corrected chi connectivity index (χ4v) is 3.49. The van der Waals surface area contributed by atoms with Gasteiger partial charge in [-0.2, -0.15) is 5.10 Å². The van der Waals surface area contributed by atoms with Crippen molar-refractivity contribution in [1.82, 2.24) is 15.3 Å². The van der Waals surface area contributed by atoms with E-state index in [4.69, 9.17) is 10.9 Å². The van der Waals surface area contributed by atoms with Crippen molar-refractivity contribution in [3.63, 3.8) is 0 Å². The number of hydrogen-bond acceptors (Lipinski definition) is 5. The summed E-state index contributed by atoms with van der Waals surface area (Å²) in [5.41, 5.74) is 11.6. The fraction of sp³-hybridized carbons (Fsp3) is 0.0870. The molecule has 1 aromatic heterocycles. The minimum Gasteiger partial charge on any atom is -0.409 e. The number of nitrogens with one attached hydrogen (secondary N) is 1. The number of amidine groups is 1. The molecule has 31 heavy (non-hydrogen) atoms. The summed E-state index contributed by atoms with van der Waals surface area (Å²) < 4.78 is 1.58. The second-order valence-corrected chi connectivity index (χ2v) is 7.13. The highest BCUT2D eigenvalue weighted by atomic mass is 16.5. The number of nitrogens with zero attached hydrogens (tertiary/aromatic N) is 3. The molecule has 5 N–H and O–H groups in total. The lowest BCUT2D eigenvalue weighted by molar-refractivity contribution is -0.132. The number of aromatic nitrogens is 2. The lowest BCUT2D eigenvalue weighted by Crippen LogP contribution is -2.32. The Morgan fingerprint density at radius 2 is 1.77 bits per heavy atom. The smallest absolute Gasteiger partial charge is 0.268 e. The zero-order valence-electron chi connectivity index (χ0n) is 16.5. The number of nitrogens with two attached hydrogens (primary N) is 1. The average Bonchev–Trinajstić information content (AvgIpc) is 3.25. The third-order valence-corrected chi connectivity index (χ3v) is 5.15. The molecule has 0 radical (unpaired) electrons. The molecule has 1 atom stereocenters. The van der Waals surface area contributed by atoms with Crippen LogP contribution in [0.3, 0.4) is 0 Å². The van der Waals surface area contributed by atoms with Crippen LogP contribution in [0.15, 0.2) is 84.1 Å². The summed E-state index contributed by atoms with van der Waals surface area (Å²) in [5, 5.41) is 26.4. The maximum absolute atomic E-state index is 12.3. The molecule has 0 spiro atoms. The third-order valence-electron chi connectivity index (χ3n) is 5.15. The first-order valence-electron chi connectivity index (χ1n) is 9.64. The van der Waals surface area contributed by atoms with Gasteiger partial charge >= 0.3 is 0 Å². The molecule has 8 nitrogen and oxygen atoms in total. The van der Waals surface area contributed by atoms with E-state index in [1.807, 2.05) is 60.7 Å². The largest absolute Gasteiger partial charge is 0.409 e. The van der Waals surface area contributed by atoms with Crippen molar-refractivity contribution >= 4 is 22.6 Å². The van der Waals surface area contributed by atoms with E-state index < -0.39 is 11.9 Å². The van der Waals surface area contributed by atoms with Crippen LogP contribution < -0.4 is 11.2 Å². The van der Waals surface area contributed by atoms with E-state index in [0.717, 1.165) is 27.6 Å². The van der Waals surface area contributed by atoms with Crippen LogP contribution in [0.1, 0.15) is 17.2 Å². The van der Waals surface area contributed by atoms with Gasteiger partial charge in [0.25, 0.3) is 5.91 Å². The van der Waals surface area contributed by atoms with Crippen LogP contribution in [0.5, 0.6) is 0 Å². The van der Waals surface area contributed by atoms with E-state index in [1.165, 1.54) is 0 Å². The topological polar surface area (TPSA) is 126 Å². The van der Waals surface area contributed by atoms with Gasteiger partial charge in [-0.25, -0.2) is 5.48 Å². The molecule has 0 saturated heterocycles. The molecule has 1 unspecified atom stereocenters. The summed E-state index contributed by atoms with van der Waals surface area (Å²) in [7, 11) is 0. The van der Waals surface area contributed by atoms with E-state index in [0.29, 0.717) is 12.0 Å². The normalized spacial score (nSPS) is 12.6. The molecular formula is C23H21N5O3. The molecule has 1 amide bonds. The van der Waals surface area contributed by atoms with Gasteiger partial charge in [-0.15, -0.1) is 0 Å². The first kappa shape index (κ1) is 20.1. The van der Waals surface area contributed by atoms with Gasteiger partial charge in [-0.05, 0) is 28.8 Å². The number of hydrogen-bond donors (Lipinski definition) is 4. The lowest BCUT2D eigenvalue weighted by Gasteiger charge is -2.15. The fourth-order valence-electron chi connectivity index (χ4n) is 3.49. The van der Waals surface area contributed by atoms with Crippen molar-refractivity contribution < 1.29 is 15.2 Å². The maximum atomic E-state index is 12.3. The summed E-state index contributed by atoms with van der Waals surface area (Å²) in [6.45, 7) is 0. The van der Waals surface area contributed by atoms with Crippen LogP contribution in [0.4, 0.5) is 0 Å². The Morgan fingerprint density at radius 1 is 1.06 bits per heavy atom. The number of benzene rings is 3. The predicted octanol–water partition coefficient (Wildman–Crippen LogP) is 3.09. The molecule has 3 aromatic carbocycles. The monoisotopic (exact) mass is 415 g/mol. The number of rotatable bonds is 6. The van der Waals surface area contributed by atoms with E-state index in [2.05, 4.69) is 10.3 Å². The molecule has 0 aliphatic rings. The Hall–Kier alpha value is -4.17. The average molecular weight is 415 g/mol. The van der Waals surface area contributed by atoms with Gasteiger partial charge in [0.2, 0.25) is 0 Å². The number of oxime groups is 1. The van der Waals surface area contributed by atoms with E-state index in [1.54, 1.807) is 28.5 Å². The second-order valence-electron chi connectivity index (χ2n) is 7.13. The Bertz CT molecular complexity index is 1230. The molecule has 0 fully saturated rings. The van der Waals surface area contributed by atoms with E-state index >= 15 is 0 Å². The van der Waals surface area contributed by atoms with Gasteiger partial charge in [0.1, 0.15) is 6.04 Å². The number of fused-ring (bicyclic) bond motifs is 1. The van der Waals surface area contributed by atoms with Gasteiger partial charge in [-0.3, -0.25) is 14.7 Å². The highest BCUT2D eigenvalue weighted by Gasteiger charge is 2.22. The van der Waals surface area contributed by atoms with Gasteiger partial charge in [0, 0.05) is 23.6 Å². The Labute approximate surface area is 178 Å². The highest BCUT2D eigenvalue weighted by Crippen LogP contribution is 2.26.